The molecule has 0 heterocycles. The second-order valence-corrected chi connectivity index (χ2v) is 9.68. The maximum Gasteiger partial charge on any atom is 0.192 e. The lowest BCUT2D eigenvalue weighted by Crippen LogP contribution is -2.28. The molecule has 0 spiro atoms. The Kier molecular flexibility index (Phi) is 1.94. The van der Waals surface area contributed by atoms with Crippen LogP contribution < -0.4 is 0 Å². The summed E-state index contributed by atoms with van der Waals surface area (Å²) in [5, 5.41) is 0.286. The van der Waals surface area contributed by atoms with Crippen LogP contribution in [0.1, 0.15) is 12.8 Å². The summed E-state index contributed by atoms with van der Waals surface area (Å²) in [7, 11) is -1.14. The molecule has 0 aromatic rings. The van der Waals surface area contributed by atoms with Crippen molar-refractivity contribution in [2.75, 3.05) is 0 Å². The quantitative estimate of drug-likeness (QED) is 0.331. The topological polar surface area (TPSA) is 17.1 Å². The first-order chi connectivity index (χ1) is 5.02. The van der Waals surface area contributed by atoms with Crippen LogP contribution in [0.2, 0.25) is 24.7 Å². The highest BCUT2D eigenvalue weighted by Gasteiger charge is 2.51. The number of hydrogen-bond donors (Lipinski definition) is 0. The summed E-state index contributed by atoms with van der Waals surface area (Å²) in [4.78, 5) is 10.0. The van der Waals surface area contributed by atoms with E-state index in [9.17, 15) is 4.79 Å². The Labute approximate surface area is 69.2 Å². The molecule has 0 unspecified atom stereocenters. The molecule has 0 bridgehead atoms. The molecule has 11 heavy (non-hydrogen) atoms. The Bertz CT molecular complexity index is 222. The molecule has 1 aliphatic rings. The molecule has 1 aliphatic carbocycles. The molecule has 1 nitrogen and oxygen atoms in total. The molecule has 1 rings (SSSR count). The molecule has 0 aromatic heterocycles. The van der Waals surface area contributed by atoms with Gasteiger partial charge in [-0.2, -0.15) is 0 Å². The molecule has 0 amide bonds. The van der Waals surface area contributed by atoms with Gasteiger partial charge in [0.25, 0.3) is 0 Å². The zero-order valence-corrected chi connectivity index (χ0v) is 8.40. The highest BCUT2D eigenvalue weighted by atomic mass is 28.3. The van der Waals surface area contributed by atoms with E-state index in [0.29, 0.717) is 6.29 Å². The molecular formula is C9H14OSi. The lowest BCUT2D eigenvalue weighted by Gasteiger charge is -2.23. The van der Waals surface area contributed by atoms with Crippen LogP contribution in [0.3, 0.4) is 0 Å². The van der Waals surface area contributed by atoms with Crippen LogP contribution in [0.4, 0.5) is 0 Å². The lowest BCUT2D eigenvalue weighted by molar-refractivity contribution is -0.103. The minimum atomic E-state index is -1.14. The van der Waals surface area contributed by atoms with Gasteiger partial charge in [0.15, 0.2) is 6.29 Å². The molecule has 60 valence electrons. The maximum absolute atomic E-state index is 10.0. The minimum absolute atomic E-state index is 0.286. The third kappa shape index (κ3) is 1.54. The van der Waals surface area contributed by atoms with Gasteiger partial charge >= 0.3 is 0 Å². The average Bonchev–Trinajstić information content (AvgIpc) is 2.61. The maximum atomic E-state index is 10.0. The van der Waals surface area contributed by atoms with Gasteiger partial charge in [0.2, 0.25) is 0 Å². The molecule has 0 aliphatic heterocycles. The molecule has 0 radical (unpaired) electrons. The second-order valence-electron chi connectivity index (χ2n) is 4.22. The van der Waals surface area contributed by atoms with E-state index >= 15 is 0 Å². The van der Waals surface area contributed by atoms with Gasteiger partial charge in [0, 0.05) is 5.04 Å². The third-order valence-corrected chi connectivity index (χ3v) is 6.05. The fourth-order valence-electron chi connectivity index (χ4n) is 1.36. The van der Waals surface area contributed by atoms with E-state index in [-0.39, 0.29) is 5.04 Å². The Morgan fingerprint density at radius 1 is 1.36 bits per heavy atom. The van der Waals surface area contributed by atoms with Crippen LogP contribution in [0.5, 0.6) is 0 Å². The fraction of sp³-hybridized carbons (Fsp3) is 0.667. The van der Waals surface area contributed by atoms with E-state index in [1.165, 1.54) is 12.8 Å². The Morgan fingerprint density at radius 3 is 2.18 bits per heavy atom. The highest BCUT2D eigenvalue weighted by Crippen LogP contribution is 2.59. The molecule has 1 fully saturated rings. The first kappa shape index (κ1) is 8.54. The second kappa shape index (κ2) is 2.49. The van der Waals surface area contributed by atoms with Crippen LogP contribution in [-0.2, 0) is 4.79 Å². The van der Waals surface area contributed by atoms with Crippen molar-refractivity contribution >= 4 is 14.4 Å². The van der Waals surface area contributed by atoms with E-state index in [1.807, 2.05) is 0 Å². The van der Waals surface area contributed by atoms with Crippen LogP contribution >= 0.6 is 0 Å². The van der Waals surface area contributed by atoms with Crippen molar-refractivity contribution in [2.45, 2.75) is 37.5 Å². The van der Waals surface area contributed by atoms with Crippen molar-refractivity contribution < 1.29 is 4.79 Å². The van der Waals surface area contributed by atoms with Gasteiger partial charge in [-0.1, -0.05) is 25.6 Å². The molecule has 2 heteroatoms. The lowest BCUT2D eigenvalue weighted by atomic mass is 10.4. The zero-order chi connectivity index (χ0) is 8.54. The monoisotopic (exact) mass is 166 g/mol. The van der Waals surface area contributed by atoms with Gasteiger partial charge in [-0.3, -0.25) is 4.79 Å². The smallest absolute Gasteiger partial charge is 0.192 e. The van der Waals surface area contributed by atoms with Crippen LogP contribution in [0.25, 0.3) is 0 Å². The first-order valence-corrected chi connectivity index (χ1v) is 7.48. The van der Waals surface area contributed by atoms with Gasteiger partial charge in [-0.25, -0.2) is 0 Å². The van der Waals surface area contributed by atoms with E-state index in [0.717, 1.165) is 0 Å². The number of aldehydes is 1. The molecular weight excluding hydrogens is 152 g/mol. The van der Waals surface area contributed by atoms with Gasteiger partial charge < -0.3 is 0 Å². The summed E-state index contributed by atoms with van der Waals surface area (Å²) in [6.45, 7) is 6.96. The number of carbonyl (C=O) groups is 1. The predicted octanol–water partition coefficient (Wildman–Crippen LogP) is 2.06. The van der Waals surface area contributed by atoms with E-state index < -0.39 is 8.07 Å². The Morgan fingerprint density at radius 2 is 1.91 bits per heavy atom. The minimum Gasteiger partial charge on any atom is -0.289 e. The third-order valence-electron chi connectivity index (χ3n) is 2.56. The summed E-state index contributed by atoms with van der Waals surface area (Å²) < 4.78 is 0. The van der Waals surface area contributed by atoms with Crippen LogP contribution in [0.15, 0.2) is 0 Å². The Balaban J connectivity index is 2.76. The summed E-state index contributed by atoms with van der Waals surface area (Å²) in [5.74, 6) is 5.67. The number of carbonyl (C=O) groups excluding carboxylic acids is 1. The first-order valence-electron chi connectivity index (χ1n) is 3.98. The molecule has 1 saturated carbocycles. The normalized spacial score (nSPS) is 19.9. The average molecular weight is 166 g/mol. The summed E-state index contributed by atoms with van der Waals surface area (Å²) in [5.41, 5.74) is 0. The van der Waals surface area contributed by atoms with E-state index in [2.05, 4.69) is 31.5 Å². The van der Waals surface area contributed by atoms with E-state index in [1.54, 1.807) is 0 Å². The Hall–Kier alpha value is -0.553. The van der Waals surface area contributed by atoms with Crippen molar-refractivity contribution in [3.63, 3.8) is 0 Å². The van der Waals surface area contributed by atoms with Gasteiger partial charge in [-0.05, 0) is 18.8 Å². The molecule has 0 atom stereocenters. The molecule has 0 saturated heterocycles. The van der Waals surface area contributed by atoms with Gasteiger partial charge in [0.05, 0.1) is 8.07 Å². The molecule has 0 aromatic carbocycles. The van der Waals surface area contributed by atoms with Crippen LogP contribution in [0, 0.1) is 11.8 Å². The van der Waals surface area contributed by atoms with Crippen molar-refractivity contribution in [1.29, 1.82) is 0 Å². The predicted molar refractivity (Wildman–Crippen MR) is 49.1 cm³/mol. The van der Waals surface area contributed by atoms with Gasteiger partial charge in [-0.15, -0.1) is 0 Å². The highest BCUT2D eigenvalue weighted by molar-refractivity contribution is 6.80. The summed E-state index contributed by atoms with van der Waals surface area (Å²) in [6, 6.07) is 0. The zero-order valence-electron chi connectivity index (χ0n) is 7.40. The number of rotatable bonds is 1. The largest absolute Gasteiger partial charge is 0.289 e. The number of hydrogen-bond acceptors (Lipinski definition) is 1. The summed E-state index contributed by atoms with van der Waals surface area (Å²) in [6.07, 6.45) is 3.13. The van der Waals surface area contributed by atoms with Crippen LogP contribution in [-0.4, -0.2) is 14.4 Å². The van der Waals surface area contributed by atoms with Gasteiger partial charge in [0.1, 0.15) is 0 Å². The SMILES string of the molecule is C[Si](C)(C)C1(C#CC=O)CC1. The van der Waals surface area contributed by atoms with Crippen molar-refractivity contribution in [2.24, 2.45) is 0 Å². The van der Waals surface area contributed by atoms with Crippen molar-refractivity contribution in [3.8, 4) is 11.8 Å². The molecule has 0 N–H and O–H groups in total. The van der Waals surface area contributed by atoms with Crippen molar-refractivity contribution in [3.05, 3.63) is 0 Å². The van der Waals surface area contributed by atoms with E-state index in [4.69, 9.17) is 0 Å². The standard InChI is InChI=1S/C9H14OSi/c1-11(2,3)9(6-7-9)5-4-8-10/h8H,6-7H2,1-3H3. The fourth-order valence-corrected chi connectivity index (χ4v) is 3.43. The summed E-state index contributed by atoms with van der Waals surface area (Å²) >= 11 is 0. The van der Waals surface area contributed by atoms with Crippen molar-refractivity contribution in [1.82, 2.24) is 0 Å².